The third-order valence-electron chi connectivity index (χ3n) is 8.08. The van der Waals surface area contributed by atoms with E-state index in [0.717, 1.165) is 75.8 Å². The first kappa shape index (κ1) is 21.7. The lowest BCUT2D eigenvalue weighted by Crippen LogP contribution is -2.48. The van der Waals surface area contributed by atoms with E-state index in [1.54, 1.807) is 7.05 Å². The lowest BCUT2D eigenvalue weighted by atomic mass is 9.77. The first-order valence-corrected chi connectivity index (χ1v) is 12.6. The molecule has 0 bridgehead atoms. The number of carbonyl (C=O) groups excluding carboxylic acids is 1. The molecular formula is C25H33ClN4O2. The zero-order valence-corrected chi connectivity index (χ0v) is 19.7. The smallest absolute Gasteiger partial charge is 0.342 e. The Morgan fingerprint density at radius 1 is 1.00 bits per heavy atom. The minimum absolute atomic E-state index is 0.0121. The van der Waals surface area contributed by atoms with Gasteiger partial charge in [0.2, 0.25) is 5.91 Å². The summed E-state index contributed by atoms with van der Waals surface area (Å²) in [6.07, 6.45) is 10.2. The Labute approximate surface area is 194 Å². The zero-order valence-electron chi connectivity index (χ0n) is 18.9. The Balaban J connectivity index is 1.34. The topological polar surface area (TPSA) is 60.1 Å². The Morgan fingerprint density at radius 3 is 2.25 bits per heavy atom. The highest BCUT2D eigenvalue weighted by Crippen LogP contribution is 2.44. The van der Waals surface area contributed by atoms with Gasteiger partial charge in [-0.15, -0.1) is 0 Å². The molecule has 2 aromatic rings. The van der Waals surface area contributed by atoms with Gasteiger partial charge in [0.1, 0.15) is 5.82 Å². The van der Waals surface area contributed by atoms with Crippen molar-refractivity contribution in [1.29, 1.82) is 0 Å². The number of piperidine rings is 1. The lowest BCUT2D eigenvalue weighted by Gasteiger charge is -2.38. The van der Waals surface area contributed by atoms with E-state index in [9.17, 15) is 9.59 Å². The highest BCUT2D eigenvalue weighted by molar-refractivity contribution is 6.30. The molecule has 0 spiro atoms. The van der Waals surface area contributed by atoms with E-state index < -0.39 is 5.41 Å². The molecule has 3 aliphatic rings. The van der Waals surface area contributed by atoms with Crippen LogP contribution < -0.4 is 5.69 Å². The van der Waals surface area contributed by atoms with Crippen LogP contribution in [0.1, 0.15) is 87.6 Å². The molecule has 1 aliphatic heterocycles. The van der Waals surface area contributed by atoms with E-state index in [0.29, 0.717) is 5.02 Å². The number of likely N-dealkylation sites (tertiary alicyclic amines) is 1. The summed E-state index contributed by atoms with van der Waals surface area (Å²) in [5.74, 6) is 1.44. The van der Waals surface area contributed by atoms with Crippen molar-refractivity contribution in [3.63, 3.8) is 0 Å². The van der Waals surface area contributed by atoms with Crippen LogP contribution in [0.3, 0.4) is 0 Å². The number of rotatable bonds is 4. The van der Waals surface area contributed by atoms with Crippen molar-refractivity contribution in [2.45, 2.75) is 81.6 Å². The molecule has 2 saturated carbocycles. The standard InChI is InChI=1S/C25H33ClN4O2/c1-28-24(32)30(21-6-2-3-7-21)22(27-28)18-12-16-29(17-13-18)23(31)25(14-4-5-15-25)19-8-10-20(26)11-9-19/h8-11,18,21H,2-7,12-17H2,1H3. The number of hydrogen-bond acceptors (Lipinski definition) is 3. The maximum absolute atomic E-state index is 13.8. The van der Waals surface area contributed by atoms with Crippen LogP contribution in [0, 0.1) is 0 Å². The van der Waals surface area contributed by atoms with E-state index in [-0.39, 0.29) is 23.6 Å². The quantitative estimate of drug-likeness (QED) is 0.677. The number of halogens is 1. The minimum atomic E-state index is -0.408. The van der Waals surface area contributed by atoms with Crippen molar-refractivity contribution >= 4 is 17.5 Å². The van der Waals surface area contributed by atoms with Gasteiger partial charge in [0.05, 0.1) is 5.41 Å². The summed E-state index contributed by atoms with van der Waals surface area (Å²) in [4.78, 5) is 28.6. The van der Waals surface area contributed by atoms with Gasteiger partial charge in [0.25, 0.3) is 0 Å². The van der Waals surface area contributed by atoms with Gasteiger partial charge in [-0.25, -0.2) is 9.48 Å². The van der Waals surface area contributed by atoms with E-state index in [4.69, 9.17) is 11.6 Å². The molecule has 1 amide bonds. The predicted octanol–water partition coefficient (Wildman–Crippen LogP) is 4.57. The van der Waals surface area contributed by atoms with Crippen LogP contribution in [-0.4, -0.2) is 38.2 Å². The fourth-order valence-electron chi connectivity index (χ4n) is 6.30. The van der Waals surface area contributed by atoms with Crippen molar-refractivity contribution in [2.24, 2.45) is 7.05 Å². The third kappa shape index (κ3) is 3.70. The number of benzene rings is 1. The Bertz CT molecular complexity index is 1020. The molecule has 0 unspecified atom stereocenters. The molecule has 7 heteroatoms. The van der Waals surface area contributed by atoms with Gasteiger partial charge in [-0.3, -0.25) is 9.36 Å². The molecule has 172 valence electrons. The number of carbonyl (C=O) groups is 1. The average molecular weight is 457 g/mol. The summed E-state index contributed by atoms with van der Waals surface area (Å²) in [5, 5.41) is 5.35. The van der Waals surface area contributed by atoms with Crippen LogP contribution in [0.5, 0.6) is 0 Å². The molecule has 1 aromatic heterocycles. The zero-order chi connectivity index (χ0) is 22.3. The van der Waals surface area contributed by atoms with E-state index in [2.05, 4.69) is 10.00 Å². The molecule has 2 heterocycles. The van der Waals surface area contributed by atoms with Gasteiger partial charge in [-0.05, 0) is 56.2 Å². The largest absolute Gasteiger partial charge is 0.345 e. The van der Waals surface area contributed by atoms with Crippen molar-refractivity contribution in [3.05, 3.63) is 51.2 Å². The summed E-state index contributed by atoms with van der Waals surface area (Å²) < 4.78 is 3.47. The summed E-state index contributed by atoms with van der Waals surface area (Å²) in [7, 11) is 1.76. The molecule has 0 atom stereocenters. The SMILES string of the molecule is Cn1nc(C2CCN(C(=O)C3(c4ccc(Cl)cc4)CCCC3)CC2)n(C2CCCC2)c1=O. The van der Waals surface area contributed by atoms with Crippen LogP contribution in [-0.2, 0) is 17.3 Å². The average Bonchev–Trinajstić information content (AvgIpc) is 3.56. The Kier molecular flexibility index (Phi) is 5.91. The predicted molar refractivity (Wildman–Crippen MR) is 125 cm³/mol. The van der Waals surface area contributed by atoms with E-state index >= 15 is 0 Å². The second-order valence-corrected chi connectivity index (χ2v) is 10.4. The van der Waals surface area contributed by atoms with E-state index in [1.165, 1.54) is 17.5 Å². The highest BCUT2D eigenvalue weighted by atomic mass is 35.5. The lowest BCUT2D eigenvalue weighted by molar-refractivity contribution is -0.138. The summed E-state index contributed by atoms with van der Waals surface area (Å²) in [5.41, 5.74) is 0.707. The second kappa shape index (κ2) is 8.69. The second-order valence-electron chi connectivity index (χ2n) is 9.94. The van der Waals surface area contributed by atoms with Gasteiger partial charge >= 0.3 is 5.69 Å². The van der Waals surface area contributed by atoms with Gasteiger partial charge < -0.3 is 4.90 Å². The van der Waals surface area contributed by atoms with Crippen LogP contribution >= 0.6 is 11.6 Å². The number of hydrogen-bond donors (Lipinski definition) is 0. The normalized spacial score (nSPS) is 22.0. The first-order valence-electron chi connectivity index (χ1n) is 12.2. The molecular weight excluding hydrogens is 424 g/mol. The molecule has 2 aliphatic carbocycles. The summed E-state index contributed by atoms with van der Waals surface area (Å²) in [6.45, 7) is 1.46. The number of nitrogens with zero attached hydrogens (tertiary/aromatic N) is 4. The molecule has 1 aromatic carbocycles. The van der Waals surface area contributed by atoms with E-state index in [1.807, 2.05) is 28.8 Å². The molecule has 0 N–H and O–H groups in total. The monoisotopic (exact) mass is 456 g/mol. The third-order valence-corrected chi connectivity index (χ3v) is 8.33. The molecule has 5 rings (SSSR count). The number of aryl methyl sites for hydroxylation is 1. The minimum Gasteiger partial charge on any atom is -0.342 e. The van der Waals surface area contributed by atoms with Crippen molar-refractivity contribution < 1.29 is 4.79 Å². The number of aromatic nitrogens is 3. The Morgan fingerprint density at radius 2 is 1.62 bits per heavy atom. The maximum Gasteiger partial charge on any atom is 0.345 e. The Hall–Kier alpha value is -2.08. The van der Waals surface area contributed by atoms with Crippen LogP contribution in [0.2, 0.25) is 5.02 Å². The summed E-state index contributed by atoms with van der Waals surface area (Å²) >= 11 is 6.11. The van der Waals surface area contributed by atoms with Crippen LogP contribution in [0.15, 0.2) is 29.1 Å². The number of amides is 1. The van der Waals surface area contributed by atoms with Crippen molar-refractivity contribution in [1.82, 2.24) is 19.2 Å². The molecule has 1 saturated heterocycles. The molecule has 32 heavy (non-hydrogen) atoms. The molecule has 6 nitrogen and oxygen atoms in total. The maximum atomic E-state index is 13.8. The van der Waals surface area contributed by atoms with Gasteiger partial charge in [0.15, 0.2) is 0 Å². The first-order chi connectivity index (χ1) is 15.5. The molecule has 0 radical (unpaired) electrons. The summed E-state index contributed by atoms with van der Waals surface area (Å²) in [6, 6.07) is 8.16. The molecule has 3 fully saturated rings. The van der Waals surface area contributed by atoms with Crippen LogP contribution in [0.4, 0.5) is 0 Å². The fourth-order valence-corrected chi connectivity index (χ4v) is 6.43. The van der Waals surface area contributed by atoms with Gasteiger partial charge in [0, 0.05) is 37.1 Å². The fraction of sp³-hybridized carbons (Fsp3) is 0.640. The van der Waals surface area contributed by atoms with Crippen LogP contribution in [0.25, 0.3) is 0 Å². The van der Waals surface area contributed by atoms with Crippen molar-refractivity contribution in [3.8, 4) is 0 Å². The van der Waals surface area contributed by atoms with Crippen molar-refractivity contribution in [2.75, 3.05) is 13.1 Å². The van der Waals surface area contributed by atoms with Gasteiger partial charge in [-0.1, -0.05) is 49.4 Å². The van der Waals surface area contributed by atoms with Gasteiger partial charge in [-0.2, -0.15) is 5.10 Å². The highest BCUT2D eigenvalue weighted by Gasteiger charge is 2.45.